The fourth-order valence-electron chi connectivity index (χ4n) is 1.45. The number of carboxylic acids is 1. The van der Waals surface area contributed by atoms with Gasteiger partial charge in [0.2, 0.25) is 0 Å². The molecule has 0 spiro atoms. The largest absolute Gasteiger partial charge is 0.508 e. The molecule has 94 valence electrons. The molecule has 1 atom stereocenters. The topological polar surface area (TPSA) is 92.8 Å². The van der Waals surface area contributed by atoms with Crippen LogP contribution in [-0.4, -0.2) is 23.3 Å². The van der Waals surface area contributed by atoms with E-state index in [1.807, 2.05) is 0 Å². The summed E-state index contributed by atoms with van der Waals surface area (Å²) in [6.07, 6.45) is 0.215. The molecule has 1 unspecified atom stereocenters. The van der Waals surface area contributed by atoms with E-state index in [4.69, 9.17) is 15.6 Å². The Labute approximate surface area is 107 Å². The van der Waals surface area contributed by atoms with Gasteiger partial charge in [-0.05, 0) is 34.5 Å². The molecule has 0 fully saturated rings. The monoisotopic (exact) mass is 303 g/mol. The number of aromatic hydroxyl groups is 1. The van der Waals surface area contributed by atoms with Crippen LogP contribution in [0.4, 0.5) is 0 Å². The van der Waals surface area contributed by atoms with E-state index in [0.29, 0.717) is 15.8 Å². The molecule has 1 aromatic rings. The van der Waals surface area contributed by atoms with Crippen molar-refractivity contribution in [3.8, 4) is 11.5 Å². The number of methoxy groups -OCH3 is 1. The van der Waals surface area contributed by atoms with Crippen molar-refractivity contribution < 1.29 is 19.7 Å². The normalized spacial score (nSPS) is 12.2. The van der Waals surface area contributed by atoms with Gasteiger partial charge in [0.05, 0.1) is 11.6 Å². The number of hydrogen-bond donors (Lipinski definition) is 3. The number of phenols is 1. The fraction of sp³-hybridized carbons (Fsp3) is 0.364. The van der Waals surface area contributed by atoms with Crippen molar-refractivity contribution in [2.24, 2.45) is 5.73 Å². The number of hydrogen-bond acceptors (Lipinski definition) is 4. The van der Waals surface area contributed by atoms with E-state index in [0.717, 1.165) is 0 Å². The van der Waals surface area contributed by atoms with Crippen LogP contribution < -0.4 is 10.5 Å². The van der Waals surface area contributed by atoms with E-state index >= 15 is 0 Å². The van der Waals surface area contributed by atoms with Gasteiger partial charge in [-0.2, -0.15) is 0 Å². The zero-order chi connectivity index (χ0) is 13.0. The number of aliphatic carboxylic acids is 1. The second-order valence-electron chi connectivity index (χ2n) is 3.58. The third kappa shape index (κ3) is 3.61. The van der Waals surface area contributed by atoms with Gasteiger partial charge in [-0.1, -0.05) is 0 Å². The van der Waals surface area contributed by atoms with Crippen LogP contribution in [0.2, 0.25) is 0 Å². The van der Waals surface area contributed by atoms with Crippen LogP contribution in [0, 0.1) is 0 Å². The summed E-state index contributed by atoms with van der Waals surface area (Å²) in [7, 11) is 1.50. The Morgan fingerprint density at radius 2 is 2.24 bits per heavy atom. The molecular formula is C11H14BrNO4. The van der Waals surface area contributed by atoms with Gasteiger partial charge in [0.1, 0.15) is 11.5 Å². The number of ether oxygens (including phenoxy) is 1. The zero-order valence-electron chi connectivity index (χ0n) is 9.31. The molecule has 0 aliphatic heterocycles. The van der Waals surface area contributed by atoms with Crippen LogP contribution in [0.5, 0.6) is 11.5 Å². The average molecular weight is 304 g/mol. The van der Waals surface area contributed by atoms with Crippen LogP contribution in [0.15, 0.2) is 16.6 Å². The highest BCUT2D eigenvalue weighted by atomic mass is 79.9. The Bertz CT molecular complexity index is 422. The molecule has 4 N–H and O–H groups in total. The van der Waals surface area contributed by atoms with Crippen molar-refractivity contribution in [3.63, 3.8) is 0 Å². The zero-order valence-corrected chi connectivity index (χ0v) is 10.9. The van der Waals surface area contributed by atoms with Gasteiger partial charge in [-0.25, -0.2) is 0 Å². The minimum atomic E-state index is -0.913. The molecule has 0 saturated carbocycles. The molecule has 0 heterocycles. The lowest BCUT2D eigenvalue weighted by atomic mass is 10.0. The maximum Gasteiger partial charge on any atom is 0.303 e. The first-order chi connectivity index (χ1) is 7.95. The molecule has 1 aromatic carbocycles. The lowest BCUT2D eigenvalue weighted by molar-refractivity contribution is -0.137. The van der Waals surface area contributed by atoms with Crippen molar-refractivity contribution in [1.82, 2.24) is 0 Å². The molecule has 0 aromatic heterocycles. The molecule has 5 nitrogen and oxygen atoms in total. The summed E-state index contributed by atoms with van der Waals surface area (Å²) in [6.45, 7) is 0. The summed E-state index contributed by atoms with van der Waals surface area (Å²) in [5.41, 5.74) is 6.30. The van der Waals surface area contributed by atoms with Gasteiger partial charge in [0.25, 0.3) is 0 Å². The molecule has 6 heteroatoms. The molecule has 0 amide bonds. The summed E-state index contributed by atoms with van der Waals surface area (Å²) in [5.74, 6) is -0.344. The summed E-state index contributed by atoms with van der Waals surface area (Å²) < 4.78 is 5.70. The minimum Gasteiger partial charge on any atom is -0.508 e. The van der Waals surface area contributed by atoms with E-state index in [1.165, 1.54) is 13.2 Å². The number of benzene rings is 1. The minimum absolute atomic E-state index is 0.0237. The molecule has 0 bridgehead atoms. The number of nitrogens with two attached hydrogens (primary N) is 1. The number of phenolic OH excluding ortho intramolecular Hbond substituents is 1. The highest BCUT2D eigenvalue weighted by Gasteiger charge is 2.15. The van der Waals surface area contributed by atoms with E-state index in [2.05, 4.69) is 15.9 Å². The Morgan fingerprint density at radius 1 is 1.59 bits per heavy atom. The Hall–Kier alpha value is -1.27. The molecule has 1 rings (SSSR count). The van der Waals surface area contributed by atoms with Gasteiger partial charge in [-0.15, -0.1) is 0 Å². The summed E-state index contributed by atoms with van der Waals surface area (Å²) in [4.78, 5) is 10.4. The predicted molar refractivity (Wildman–Crippen MR) is 66.2 cm³/mol. The summed E-state index contributed by atoms with van der Waals surface area (Å²) in [5, 5.41) is 18.3. The van der Waals surface area contributed by atoms with E-state index in [1.54, 1.807) is 6.07 Å². The van der Waals surface area contributed by atoms with Crippen LogP contribution in [0.1, 0.15) is 24.4 Å². The third-order valence-corrected chi connectivity index (χ3v) is 2.99. The van der Waals surface area contributed by atoms with Crippen molar-refractivity contribution in [2.75, 3.05) is 7.11 Å². The highest BCUT2D eigenvalue weighted by Crippen LogP contribution is 2.35. The van der Waals surface area contributed by atoms with Gasteiger partial charge in [0, 0.05) is 18.0 Å². The first-order valence-corrected chi connectivity index (χ1v) is 5.78. The predicted octanol–water partition coefficient (Wildman–Crippen LogP) is 2.03. The molecule has 0 radical (unpaired) electrons. The van der Waals surface area contributed by atoms with Gasteiger partial charge in [-0.3, -0.25) is 4.79 Å². The maximum absolute atomic E-state index is 10.4. The molecule has 0 aliphatic carbocycles. The Morgan fingerprint density at radius 3 is 2.76 bits per heavy atom. The first-order valence-electron chi connectivity index (χ1n) is 4.99. The van der Waals surface area contributed by atoms with Crippen LogP contribution >= 0.6 is 15.9 Å². The molecular weight excluding hydrogens is 290 g/mol. The number of carbonyl (C=O) groups is 1. The second kappa shape index (κ2) is 5.88. The average Bonchev–Trinajstić information content (AvgIpc) is 2.26. The lowest BCUT2D eigenvalue weighted by Crippen LogP contribution is -2.12. The molecule has 0 aliphatic rings. The van der Waals surface area contributed by atoms with Crippen molar-refractivity contribution >= 4 is 21.9 Å². The van der Waals surface area contributed by atoms with Crippen LogP contribution in [0.25, 0.3) is 0 Å². The van der Waals surface area contributed by atoms with Crippen LogP contribution in [-0.2, 0) is 4.79 Å². The van der Waals surface area contributed by atoms with E-state index in [9.17, 15) is 9.90 Å². The van der Waals surface area contributed by atoms with Crippen molar-refractivity contribution in [3.05, 3.63) is 22.2 Å². The van der Waals surface area contributed by atoms with Crippen LogP contribution in [0.3, 0.4) is 0 Å². The fourth-order valence-corrected chi connectivity index (χ4v) is 1.94. The summed E-state index contributed by atoms with van der Waals surface area (Å²) >= 11 is 3.23. The summed E-state index contributed by atoms with van der Waals surface area (Å²) in [6, 6.07) is 2.55. The third-order valence-electron chi connectivity index (χ3n) is 2.37. The SMILES string of the molecule is COc1cc(C(N)CCC(=O)O)c(O)cc1Br. The van der Waals surface area contributed by atoms with Gasteiger partial charge >= 0.3 is 5.97 Å². The van der Waals surface area contributed by atoms with Crippen molar-refractivity contribution in [1.29, 1.82) is 0 Å². The molecule has 17 heavy (non-hydrogen) atoms. The number of carboxylic acid groups (broad SMARTS) is 1. The lowest BCUT2D eigenvalue weighted by Gasteiger charge is -2.15. The van der Waals surface area contributed by atoms with Gasteiger partial charge in [0.15, 0.2) is 0 Å². The van der Waals surface area contributed by atoms with Gasteiger partial charge < -0.3 is 20.7 Å². The quantitative estimate of drug-likeness (QED) is 0.774. The number of rotatable bonds is 5. The number of halogens is 1. The Kier molecular flexibility index (Phi) is 4.77. The maximum atomic E-state index is 10.4. The standard InChI is InChI=1S/C11H14BrNO4/c1-17-10-4-6(9(14)5-7(10)12)8(13)2-3-11(15)16/h4-5,8,14H,2-3,13H2,1H3,(H,15,16). The van der Waals surface area contributed by atoms with Crippen molar-refractivity contribution in [2.45, 2.75) is 18.9 Å². The van der Waals surface area contributed by atoms with E-state index < -0.39 is 12.0 Å². The Balaban J connectivity index is 2.92. The second-order valence-corrected chi connectivity index (χ2v) is 4.44. The van der Waals surface area contributed by atoms with E-state index in [-0.39, 0.29) is 18.6 Å². The first kappa shape index (κ1) is 13.8. The smallest absolute Gasteiger partial charge is 0.303 e. The highest BCUT2D eigenvalue weighted by molar-refractivity contribution is 9.10. The molecule has 0 saturated heterocycles.